The van der Waals surface area contributed by atoms with E-state index in [2.05, 4.69) is 5.32 Å². The van der Waals surface area contributed by atoms with Gasteiger partial charge in [0.25, 0.3) is 5.91 Å². The number of nitrogens with zero attached hydrogens (tertiary/aromatic N) is 1. The van der Waals surface area contributed by atoms with Crippen LogP contribution in [0.15, 0.2) is 42.5 Å². The molecule has 1 aliphatic heterocycles. The lowest BCUT2D eigenvalue weighted by Crippen LogP contribution is -2.38. The lowest BCUT2D eigenvalue weighted by molar-refractivity contribution is -0.156. The first-order valence-electron chi connectivity index (χ1n) is 9.61. The van der Waals surface area contributed by atoms with Crippen molar-refractivity contribution in [2.24, 2.45) is 5.92 Å². The minimum absolute atomic E-state index is 0.167. The molecule has 31 heavy (non-hydrogen) atoms. The summed E-state index contributed by atoms with van der Waals surface area (Å²) in [7, 11) is 2.99. The smallest absolute Gasteiger partial charge is 0.313 e. The second-order valence-electron chi connectivity index (χ2n) is 7.10. The number of likely N-dealkylation sites (N-methyl/N-ethyl adjacent to an activating group) is 1. The Morgan fingerprint density at radius 1 is 1.23 bits per heavy atom. The number of hydrogen-bond donors (Lipinski definition) is 1. The molecule has 3 rings (SSSR count). The van der Waals surface area contributed by atoms with Crippen molar-refractivity contribution in [2.75, 3.05) is 39.2 Å². The summed E-state index contributed by atoms with van der Waals surface area (Å²) in [6.45, 7) is -0.479. The van der Waals surface area contributed by atoms with Crippen LogP contribution in [0.5, 0.6) is 11.5 Å². The average Bonchev–Trinajstić information content (AvgIpc) is 2.76. The molecule has 2 aromatic rings. The maximum Gasteiger partial charge on any atom is 0.313 e. The number of methoxy groups -OCH3 is 1. The molecule has 0 saturated heterocycles. The lowest BCUT2D eigenvalue weighted by atomic mass is 9.97. The molecule has 2 aromatic carbocycles. The Kier molecular flexibility index (Phi) is 7.36. The average molecular weight is 447 g/mol. The van der Waals surface area contributed by atoms with Crippen LogP contribution in [0.2, 0.25) is 5.02 Å². The largest absolute Gasteiger partial charge is 0.497 e. The Balaban J connectivity index is 1.45. The molecule has 2 amide bonds. The van der Waals surface area contributed by atoms with Crippen molar-refractivity contribution in [2.45, 2.75) is 6.42 Å². The minimum atomic E-state index is -0.534. The highest BCUT2D eigenvalue weighted by Gasteiger charge is 2.28. The number of rotatable bonds is 7. The molecule has 0 spiro atoms. The third kappa shape index (κ3) is 6.11. The molecule has 0 bridgehead atoms. The summed E-state index contributed by atoms with van der Waals surface area (Å²) >= 11 is 5.99. The van der Waals surface area contributed by atoms with E-state index in [1.54, 1.807) is 42.5 Å². The molecule has 1 atom stereocenters. The van der Waals surface area contributed by atoms with Crippen molar-refractivity contribution in [3.8, 4) is 11.5 Å². The highest BCUT2D eigenvalue weighted by atomic mass is 35.5. The van der Waals surface area contributed by atoms with Crippen molar-refractivity contribution in [3.05, 3.63) is 53.1 Å². The van der Waals surface area contributed by atoms with Gasteiger partial charge in [-0.25, -0.2) is 0 Å². The summed E-state index contributed by atoms with van der Waals surface area (Å²) in [6.07, 6.45) is 0.418. The van der Waals surface area contributed by atoms with Crippen molar-refractivity contribution in [1.82, 2.24) is 4.90 Å². The monoisotopic (exact) mass is 446 g/mol. The minimum Gasteiger partial charge on any atom is -0.497 e. The van der Waals surface area contributed by atoms with Crippen LogP contribution in [0.4, 0.5) is 5.69 Å². The van der Waals surface area contributed by atoms with Crippen LogP contribution >= 0.6 is 11.6 Å². The van der Waals surface area contributed by atoms with E-state index in [0.717, 1.165) is 5.56 Å². The highest BCUT2D eigenvalue weighted by Crippen LogP contribution is 2.30. The molecule has 0 aromatic heterocycles. The SMILES string of the molecule is COc1cccc(NC(=O)CN(C)C(=O)COC(=O)C2COc3ccc(Cl)cc3C2)c1. The van der Waals surface area contributed by atoms with Gasteiger partial charge in [0, 0.05) is 23.8 Å². The van der Waals surface area contributed by atoms with Gasteiger partial charge in [-0.1, -0.05) is 17.7 Å². The van der Waals surface area contributed by atoms with Crippen LogP contribution in [0.1, 0.15) is 5.56 Å². The summed E-state index contributed by atoms with van der Waals surface area (Å²) < 4.78 is 15.8. The zero-order chi connectivity index (χ0) is 22.4. The zero-order valence-electron chi connectivity index (χ0n) is 17.2. The molecule has 0 radical (unpaired) electrons. The number of ether oxygens (including phenoxy) is 3. The van der Waals surface area contributed by atoms with Gasteiger partial charge in [-0.15, -0.1) is 0 Å². The fourth-order valence-corrected chi connectivity index (χ4v) is 3.28. The third-order valence-electron chi connectivity index (χ3n) is 4.76. The maximum atomic E-state index is 12.3. The predicted octanol–water partition coefficient (Wildman–Crippen LogP) is 2.54. The molecular weight excluding hydrogens is 424 g/mol. The van der Waals surface area contributed by atoms with Crippen molar-refractivity contribution in [3.63, 3.8) is 0 Å². The number of halogens is 1. The Hall–Kier alpha value is -3.26. The van der Waals surface area contributed by atoms with E-state index in [1.165, 1.54) is 19.1 Å². The molecule has 1 N–H and O–H groups in total. The van der Waals surface area contributed by atoms with Gasteiger partial charge in [-0.3, -0.25) is 14.4 Å². The summed E-state index contributed by atoms with van der Waals surface area (Å²) in [5.41, 5.74) is 1.37. The van der Waals surface area contributed by atoms with Crippen molar-refractivity contribution >= 4 is 35.1 Å². The van der Waals surface area contributed by atoms with Gasteiger partial charge in [0.1, 0.15) is 18.1 Å². The number of nitrogens with one attached hydrogen (secondary N) is 1. The topological polar surface area (TPSA) is 94.2 Å². The van der Waals surface area contributed by atoms with Gasteiger partial charge >= 0.3 is 5.97 Å². The van der Waals surface area contributed by atoms with Crippen LogP contribution in [-0.4, -0.2) is 56.6 Å². The Labute approximate surface area is 185 Å². The number of esters is 1. The van der Waals surface area contributed by atoms with Crippen LogP contribution in [0.3, 0.4) is 0 Å². The van der Waals surface area contributed by atoms with Crippen LogP contribution in [0.25, 0.3) is 0 Å². The first-order valence-corrected chi connectivity index (χ1v) is 9.99. The Morgan fingerprint density at radius 2 is 2.03 bits per heavy atom. The molecular formula is C22H23ClN2O6. The van der Waals surface area contributed by atoms with E-state index >= 15 is 0 Å². The third-order valence-corrected chi connectivity index (χ3v) is 5.00. The number of carbonyl (C=O) groups excluding carboxylic acids is 3. The van der Waals surface area contributed by atoms with E-state index in [9.17, 15) is 14.4 Å². The van der Waals surface area contributed by atoms with E-state index in [4.69, 9.17) is 25.8 Å². The number of anilines is 1. The number of amides is 2. The fourth-order valence-electron chi connectivity index (χ4n) is 3.08. The van der Waals surface area contributed by atoms with E-state index in [1.807, 2.05) is 0 Å². The fraction of sp³-hybridized carbons (Fsp3) is 0.318. The van der Waals surface area contributed by atoms with Crippen LogP contribution in [-0.2, 0) is 25.5 Å². The number of fused-ring (bicyclic) bond motifs is 1. The van der Waals surface area contributed by atoms with E-state index in [-0.39, 0.29) is 19.1 Å². The molecule has 1 aliphatic rings. The molecule has 1 unspecified atom stereocenters. The van der Waals surface area contributed by atoms with Crippen molar-refractivity contribution in [1.29, 1.82) is 0 Å². The first-order chi connectivity index (χ1) is 14.9. The quantitative estimate of drug-likeness (QED) is 0.657. The second kappa shape index (κ2) is 10.2. The molecule has 0 saturated carbocycles. The zero-order valence-corrected chi connectivity index (χ0v) is 18.0. The Bertz CT molecular complexity index is 980. The van der Waals surface area contributed by atoms with Gasteiger partial charge in [-0.2, -0.15) is 0 Å². The van der Waals surface area contributed by atoms with E-state index < -0.39 is 24.4 Å². The summed E-state index contributed by atoms with van der Waals surface area (Å²) in [6, 6.07) is 12.1. The molecule has 8 nitrogen and oxygen atoms in total. The molecule has 164 valence electrons. The van der Waals surface area contributed by atoms with Crippen LogP contribution in [0, 0.1) is 5.92 Å². The molecule has 0 fully saturated rings. The summed E-state index contributed by atoms with van der Waals surface area (Å²) in [5, 5.41) is 3.24. The molecule has 1 heterocycles. The number of carbonyl (C=O) groups is 3. The van der Waals surface area contributed by atoms with Gasteiger partial charge in [-0.05, 0) is 42.3 Å². The van der Waals surface area contributed by atoms with E-state index in [0.29, 0.717) is 28.6 Å². The first kappa shape index (κ1) is 22.4. The summed E-state index contributed by atoms with van der Waals surface area (Å²) in [5.74, 6) is -0.649. The van der Waals surface area contributed by atoms with Gasteiger partial charge in [0.05, 0.1) is 19.6 Å². The number of benzene rings is 2. The van der Waals surface area contributed by atoms with Crippen molar-refractivity contribution < 1.29 is 28.6 Å². The lowest BCUT2D eigenvalue weighted by Gasteiger charge is -2.24. The van der Waals surface area contributed by atoms with Crippen LogP contribution < -0.4 is 14.8 Å². The highest BCUT2D eigenvalue weighted by molar-refractivity contribution is 6.30. The molecule has 0 aliphatic carbocycles. The normalized spacial score (nSPS) is 14.6. The molecule has 9 heteroatoms. The Morgan fingerprint density at radius 3 is 2.81 bits per heavy atom. The number of hydrogen-bond acceptors (Lipinski definition) is 6. The van der Waals surface area contributed by atoms with Gasteiger partial charge in [0.15, 0.2) is 6.61 Å². The summed E-state index contributed by atoms with van der Waals surface area (Å²) in [4.78, 5) is 38.0. The predicted molar refractivity (Wildman–Crippen MR) is 114 cm³/mol. The maximum absolute atomic E-state index is 12.3. The standard InChI is InChI=1S/C22H23ClN2O6/c1-25(11-20(26)24-17-4-3-5-18(10-17)29-2)21(27)13-31-22(28)15-8-14-9-16(23)6-7-19(14)30-12-15/h3-7,9-10,15H,8,11-13H2,1-2H3,(H,24,26). The van der Waals surface area contributed by atoms with Gasteiger partial charge < -0.3 is 24.4 Å². The van der Waals surface area contributed by atoms with Gasteiger partial charge in [0.2, 0.25) is 5.91 Å². The second-order valence-corrected chi connectivity index (χ2v) is 7.54.